The second kappa shape index (κ2) is 5.71. The van der Waals surface area contributed by atoms with E-state index in [1.807, 2.05) is 12.1 Å². The number of hydrogen-bond acceptors (Lipinski definition) is 2. The van der Waals surface area contributed by atoms with Crippen molar-refractivity contribution in [2.45, 2.75) is 52.1 Å². The zero-order chi connectivity index (χ0) is 14.1. The van der Waals surface area contributed by atoms with Crippen LogP contribution in [-0.4, -0.2) is 11.0 Å². The summed E-state index contributed by atoms with van der Waals surface area (Å²) in [5, 5.41) is 5.56. The van der Waals surface area contributed by atoms with Crippen molar-refractivity contribution in [1.29, 1.82) is 0 Å². The van der Waals surface area contributed by atoms with Gasteiger partial charge in [0.25, 0.3) is 0 Å². The van der Waals surface area contributed by atoms with E-state index >= 15 is 0 Å². The molecule has 1 N–H and O–H groups in total. The van der Waals surface area contributed by atoms with Gasteiger partial charge in [-0.3, -0.25) is 4.98 Å². The minimum absolute atomic E-state index is 0.483. The maximum Gasteiger partial charge on any atom is 0.0709 e. The Kier molecular flexibility index (Phi) is 3.95. The van der Waals surface area contributed by atoms with E-state index in [-0.39, 0.29) is 0 Å². The molecule has 1 heterocycles. The van der Waals surface area contributed by atoms with Crippen molar-refractivity contribution < 1.29 is 0 Å². The van der Waals surface area contributed by atoms with Crippen LogP contribution < -0.4 is 5.32 Å². The second-order valence-corrected chi connectivity index (χ2v) is 6.36. The van der Waals surface area contributed by atoms with E-state index in [1.165, 1.54) is 35.0 Å². The van der Waals surface area contributed by atoms with Gasteiger partial charge in [0.1, 0.15) is 0 Å². The largest absolute Gasteiger partial charge is 0.310 e. The number of rotatable bonds is 3. The van der Waals surface area contributed by atoms with Crippen molar-refractivity contribution in [2.75, 3.05) is 0 Å². The number of aryl methyl sites for hydroxylation is 1. The Hall–Kier alpha value is -1.12. The lowest BCUT2D eigenvalue weighted by Gasteiger charge is -2.22. The molecule has 0 amide bonds. The highest BCUT2D eigenvalue weighted by molar-refractivity contribution is 6.31. The first kappa shape index (κ1) is 13.8. The van der Waals surface area contributed by atoms with Crippen molar-refractivity contribution in [3.05, 3.63) is 40.0 Å². The number of benzene rings is 1. The van der Waals surface area contributed by atoms with Crippen molar-refractivity contribution in [3.63, 3.8) is 0 Å². The van der Waals surface area contributed by atoms with Gasteiger partial charge in [-0.2, -0.15) is 0 Å². The SMILES string of the molecule is CC(C)NCc1c2c(nc3ccc(Cl)cc13)CCCC2. The summed E-state index contributed by atoms with van der Waals surface area (Å²) in [6.45, 7) is 5.27. The topological polar surface area (TPSA) is 24.9 Å². The highest BCUT2D eigenvalue weighted by atomic mass is 35.5. The van der Waals surface area contributed by atoms with Gasteiger partial charge in [-0.1, -0.05) is 25.4 Å². The molecule has 106 valence electrons. The number of hydrogen-bond donors (Lipinski definition) is 1. The van der Waals surface area contributed by atoms with Gasteiger partial charge in [-0.25, -0.2) is 0 Å². The molecule has 0 saturated carbocycles. The van der Waals surface area contributed by atoms with Crippen LogP contribution in [0.4, 0.5) is 0 Å². The monoisotopic (exact) mass is 288 g/mol. The summed E-state index contributed by atoms with van der Waals surface area (Å²) < 4.78 is 0. The molecule has 0 atom stereocenters. The Labute approximate surface area is 125 Å². The lowest BCUT2D eigenvalue weighted by molar-refractivity contribution is 0.581. The summed E-state index contributed by atoms with van der Waals surface area (Å²) in [4.78, 5) is 4.86. The number of nitrogens with one attached hydrogen (secondary N) is 1. The number of pyridine rings is 1. The van der Waals surface area contributed by atoms with Crippen LogP contribution in [0, 0.1) is 0 Å². The standard InChI is InChI=1S/C17H21ClN2/c1-11(2)19-10-15-13-5-3-4-6-16(13)20-17-8-7-12(18)9-14(15)17/h7-9,11,19H,3-6,10H2,1-2H3. The molecule has 2 nitrogen and oxygen atoms in total. The number of fused-ring (bicyclic) bond motifs is 2. The predicted octanol–water partition coefficient (Wildman–Crippen LogP) is 4.27. The summed E-state index contributed by atoms with van der Waals surface area (Å²) in [5.41, 5.74) is 5.24. The fourth-order valence-corrected chi connectivity index (χ4v) is 3.17. The van der Waals surface area contributed by atoms with Gasteiger partial charge in [0.2, 0.25) is 0 Å². The van der Waals surface area contributed by atoms with Crippen LogP contribution >= 0.6 is 11.6 Å². The van der Waals surface area contributed by atoms with Gasteiger partial charge in [-0.15, -0.1) is 0 Å². The quantitative estimate of drug-likeness (QED) is 0.912. The van der Waals surface area contributed by atoms with E-state index < -0.39 is 0 Å². The molecule has 1 aliphatic rings. The van der Waals surface area contributed by atoms with E-state index in [4.69, 9.17) is 16.6 Å². The molecule has 0 fully saturated rings. The Bertz CT molecular complexity index is 634. The van der Waals surface area contributed by atoms with Crippen LogP contribution in [0.5, 0.6) is 0 Å². The highest BCUT2D eigenvalue weighted by Crippen LogP contribution is 2.30. The molecule has 1 aliphatic carbocycles. The van der Waals surface area contributed by atoms with Crippen LogP contribution in [0.25, 0.3) is 10.9 Å². The number of nitrogens with zero attached hydrogens (tertiary/aromatic N) is 1. The van der Waals surface area contributed by atoms with Gasteiger partial charge in [0.05, 0.1) is 5.52 Å². The average Bonchev–Trinajstić information content (AvgIpc) is 2.43. The molecular weight excluding hydrogens is 268 g/mol. The van der Waals surface area contributed by atoms with E-state index in [9.17, 15) is 0 Å². The molecule has 1 aromatic carbocycles. The fourth-order valence-electron chi connectivity index (χ4n) is 3.00. The minimum atomic E-state index is 0.483. The maximum absolute atomic E-state index is 6.19. The van der Waals surface area contributed by atoms with E-state index in [0.717, 1.165) is 29.9 Å². The molecule has 0 saturated heterocycles. The summed E-state index contributed by atoms with van der Waals surface area (Å²) in [6.07, 6.45) is 4.80. The lowest BCUT2D eigenvalue weighted by atomic mass is 9.89. The maximum atomic E-state index is 6.19. The summed E-state index contributed by atoms with van der Waals surface area (Å²) in [7, 11) is 0. The van der Waals surface area contributed by atoms with Crippen molar-refractivity contribution in [1.82, 2.24) is 10.3 Å². The van der Waals surface area contributed by atoms with E-state index in [2.05, 4.69) is 25.2 Å². The normalized spacial score (nSPS) is 14.8. The first-order valence-electron chi connectivity index (χ1n) is 7.48. The predicted molar refractivity (Wildman–Crippen MR) is 85.4 cm³/mol. The minimum Gasteiger partial charge on any atom is -0.310 e. The van der Waals surface area contributed by atoms with Gasteiger partial charge in [-0.05, 0) is 55.0 Å². The van der Waals surface area contributed by atoms with Crippen molar-refractivity contribution in [3.8, 4) is 0 Å². The molecule has 3 heteroatoms. The number of halogens is 1. The zero-order valence-corrected chi connectivity index (χ0v) is 12.9. The van der Waals surface area contributed by atoms with Gasteiger partial charge < -0.3 is 5.32 Å². The molecule has 0 aliphatic heterocycles. The molecule has 1 aromatic heterocycles. The van der Waals surface area contributed by atoms with Crippen LogP contribution in [0.3, 0.4) is 0 Å². The second-order valence-electron chi connectivity index (χ2n) is 5.92. The molecule has 2 aromatic rings. The fraction of sp³-hybridized carbons (Fsp3) is 0.471. The molecule has 0 unspecified atom stereocenters. The van der Waals surface area contributed by atoms with Gasteiger partial charge >= 0.3 is 0 Å². The van der Waals surface area contributed by atoms with Crippen molar-refractivity contribution >= 4 is 22.5 Å². The van der Waals surface area contributed by atoms with Crippen LogP contribution in [-0.2, 0) is 19.4 Å². The third-order valence-electron chi connectivity index (χ3n) is 4.03. The summed E-state index contributed by atoms with van der Waals surface area (Å²) >= 11 is 6.19. The van der Waals surface area contributed by atoms with E-state index in [0.29, 0.717) is 6.04 Å². The molecule has 3 rings (SSSR count). The Morgan fingerprint density at radius 2 is 2.05 bits per heavy atom. The molecule has 20 heavy (non-hydrogen) atoms. The summed E-state index contributed by atoms with van der Waals surface area (Å²) in [6, 6.07) is 6.53. The van der Waals surface area contributed by atoms with Crippen LogP contribution in [0.2, 0.25) is 5.02 Å². The first-order chi connectivity index (χ1) is 9.65. The third kappa shape index (κ3) is 2.68. The average molecular weight is 289 g/mol. The lowest BCUT2D eigenvalue weighted by Crippen LogP contribution is -2.24. The molecule has 0 bridgehead atoms. The Morgan fingerprint density at radius 3 is 2.85 bits per heavy atom. The highest BCUT2D eigenvalue weighted by Gasteiger charge is 2.18. The smallest absolute Gasteiger partial charge is 0.0709 e. The van der Waals surface area contributed by atoms with Crippen LogP contribution in [0.15, 0.2) is 18.2 Å². The third-order valence-corrected chi connectivity index (χ3v) is 4.26. The van der Waals surface area contributed by atoms with E-state index in [1.54, 1.807) is 0 Å². The Balaban J connectivity index is 2.16. The van der Waals surface area contributed by atoms with Gasteiger partial charge in [0.15, 0.2) is 0 Å². The molecular formula is C17H21ClN2. The Morgan fingerprint density at radius 1 is 1.25 bits per heavy atom. The summed E-state index contributed by atoms with van der Waals surface area (Å²) in [5.74, 6) is 0. The zero-order valence-electron chi connectivity index (χ0n) is 12.2. The number of aromatic nitrogens is 1. The molecule has 0 radical (unpaired) electrons. The van der Waals surface area contributed by atoms with Gasteiger partial charge in [0, 0.05) is 28.7 Å². The van der Waals surface area contributed by atoms with Crippen molar-refractivity contribution in [2.24, 2.45) is 0 Å². The first-order valence-corrected chi connectivity index (χ1v) is 7.86. The van der Waals surface area contributed by atoms with Crippen LogP contribution in [0.1, 0.15) is 43.5 Å². The molecule has 0 spiro atoms.